The lowest BCUT2D eigenvalue weighted by atomic mass is 9.68. The second kappa shape index (κ2) is 11.0. The van der Waals surface area contributed by atoms with E-state index in [1.54, 1.807) is 49.0 Å². The van der Waals surface area contributed by atoms with Crippen molar-refractivity contribution in [2.45, 2.75) is 36.5 Å². The van der Waals surface area contributed by atoms with E-state index in [0.29, 0.717) is 28.8 Å². The predicted molar refractivity (Wildman–Crippen MR) is 162 cm³/mol. The molecule has 12 heteroatoms. The first-order chi connectivity index (χ1) is 20.8. The number of ether oxygens (including phenoxy) is 3. The Kier molecular flexibility index (Phi) is 7.30. The lowest BCUT2D eigenvalue weighted by molar-refractivity contribution is -0.145. The van der Waals surface area contributed by atoms with E-state index < -0.39 is 11.9 Å². The monoisotopic (exact) mass is 640 g/mol. The third-order valence-electron chi connectivity index (χ3n) is 9.09. The molecule has 224 valence electrons. The summed E-state index contributed by atoms with van der Waals surface area (Å²) in [4.78, 5) is 57.5. The number of benzene rings is 2. The number of halogens is 1. The molecule has 2 bridgehead atoms. The molecule has 2 amide bonds. The number of hydrogen-bond acceptors (Lipinski definition) is 9. The number of fused-ring (bicyclic) bond motifs is 9. The minimum Gasteiger partial charge on any atom is -0.490 e. The summed E-state index contributed by atoms with van der Waals surface area (Å²) in [6, 6.07) is 12.5. The van der Waals surface area contributed by atoms with Gasteiger partial charge in [-0.15, -0.1) is 11.8 Å². The molecule has 3 heterocycles. The Morgan fingerprint density at radius 2 is 1.72 bits per heavy atom. The molecular formula is C31H29ClN2O7S2. The summed E-state index contributed by atoms with van der Waals surface area (Å²) in [5, 5.41) is 1.43. The molecule has 3 aromatic rings. The van der Waals surface area contributed by atoms with Crippen LogP contribution in [0.25, 0.3) is 0 Å². The maximum Gasteiger partial charge on any atom is 0.344 e. The Hall–Kier alpha value is -3.28. The number of nitrogens with zero attached hydrogens (tertiary/aromatic N) is 1. The molecule has 0 unspecified atom stereocenters. The highest BCUT2D eigenvalue weighted by atomic mass is 35.5. The van der Waals surface area contributed by atoms with Gasteiger partial charge in [-0.25, -0.2) is 4.79 Å². The maximum absolute atomic E-state index is 13.9. The van der Waals surface area contributed by atoms with E-state index in [-0.39, 0.29) is 64.7 Å². The number of hydrogen-bond donors (Lipinski definition) is 1. The van der Waals surface area contributed by atoms with Crippen molar-refractivity contribution in [2.24, 2.45) is 29.6 Å². The van der Waals surface area contributed by atoms with Crippen LogP contribution in [0.2, 0.25) is 5.02 Å². The fraction of sp³-hybridized carbons (Fsp3) is 0.419. The molecule has 2 aliphatic carbocycles. The molecule has 0 spiro atoms. The van der Waals surface area contributed by atoms with Crippen molar-refractivity contribution in [3.63, 3.8) is 0 Å². The first-order valence-corrected chi connectivity index (χ1v) is 16.5. The molecule has 1 N–H and O–H groups in total. The van der Waals surface area contributed by atoms with Crippen molar-refractivity contribution in [1.29, 1.82) is 0 Å². The molecule has 3 fully saturated rings. The fourth-order valence-electron chi connectivity index (χ4n) is 7.68. The van der Waals surface area contributed by atoms with E-state index in [9.17, 15) is 19.2 Å². The highest BCUT2D eigenvalue weighted by molar-refractivity contribution is 8.00. The molecule has 1 saturated heterocycles. The molecule has 2 aromatic carbocycles. The number of anilines is 1. The number of amides is 2. The summed E-state index contributed by atoms with van der Waals surface area (Å²) in [6.07, 6.45) is 0.790. The number of imide groups is 1. The van der Waals surface area contributed by atoms with Gasteiger partial charge in [-0.1, -0.05) is 29.0 Å². The zero-order valence-electron chi connectivity index (χ0n) is 23.4. The predicted octanol–water partition coefficient (Wildman–Crippen LogP) is 5.11. The van der Waals surface area contributed by atoms with E-state index in [2.05, 4.69) is 4.98 Å². The topological polar surface area (TPSA) is 115 Å². The standard InChI is InChI=1S/C31H29ClN2O7S2/c1-3-39-20-11-14(5-10-19(20)41-13-21(35)40-4-2)22-23-17-12-18(26(23)42-28-27(22)43-31(38)33-28)25-24(17)29(36)34(30(25)37)16-8-6-15(32)7-9-16/h5-11,17-18,22-26H,3-4,12-13H2,1-2H3,(H,33,38)/t17-,18-,22+,23-,24+,25+,26-/m1/s1. The van der Waals surface area contributed by atoms with Crippen LogP contribution in [0.3, 0.4) is 0 Å². The summed E-state index contributed by atoms with van der Waals surface area (Å²) < 4.78 is 16.7. The minimum absolute atomic E-state index is 0.0105. The molecule has 2 aliphatic heterocycles. The smallest absolute Gasteiger partial charge is 0.344 e. The Morgan fingerprint density at radius 1 is 0.977 bits per heavy atom. The molecule has 4 aliphatic rings. The quantitative estimate of drug-likeness (QED) is 0.267. The van der Waals surface area contributed by atoms with E-state index in [0.717, 1.165) is 21.9 Å². The van der Waals surface area contributed by atoms with Gasteiger partial charge in [0.05, 0.1) is 35.8 Å². The van der Waals surface area contributed by atoms with Crippen molar-refractivity contribution >= 4 is 58.2 Å². The average molecular weight is 641 g/mol. The third-order valence-corrected chi connectivity index (χ3v) is 11.9. The average Bonchev–Trinajstić information content (AvgIpc) is 3.72. The van der Waals surface area contributed by atoms with Gasteiger partial charge < -0.3 is 19.2 Å². The second-order valence-corrected chi connectivity index (χ2v) is 13.8. The van der Waals surface area contributed by atoms with Gasteiger partial charge in [0.2, 0.25) is 11.8 Å². The largest absolute Gasteiger partial charge is 0.490 e. The van der Waals surface area contributed by atoms with Gasteiger partial charge in [-0.05, 0) is 80.0 Å². The molecule has 1 aromatic heterocycles. The Labute approximate surface area is 260 Å². The second-order valence-electron chi connectivity index (χ2n) is 11.2. The first-order valence-electron chi connectivity index (χ1n) is 14.4. The summed E-state index contributed by atoms with van der Waals surface area (Å²) >= 11 is 8.92. The van der Waals surface area contributed by atoms with Crippen LogP contribution in [0.5, 0.6) is 11.5 Å². The molecular weight excluding hydrogens is 612 g/mol. The number of thioether (sulfide) groups is 1. The number of carbonyl (C=O) groups excluding carboxylic acids is 3. The van der Waals surface area contributed by atoms with E-state index in [1.807, 2.05) is 19.1 Å². The van der Waals surface area contributed by atoms with E-state index in [4.69, 9.17) is 25.8 Å². The van der Waals surface area contributed by atoms with Crippen molar-refractivity contribution in [2.75, 3.05) is 24.7 Å². The van der Waals surface area contributed by atoms with Gasteiger partial charge in [-0.2, -0.15) is 0 Å². The third kappa shape index (κ3) is 4.58. The summed E-state index contributed by atoms with van der Waals surface area (Å²) in [5.74, 6) is -0.794. The summed E-state index contributed by atoms with van der Waals surface area (Å²) in [6.45, 7) is 4.02. The Bertz CT molecular complexity index is 1670. The Balaban J connectivity index is 1.26. The fourth-order valence-corrected chi connectivity index (χ4v) is 10.7. The van der Waals surface area contributed by atoms with Crippen LogP contribution < -0.4 is 19.2 Å². The van der Waals surface area contributed by atoms with Gasteiger partial charge >= 0.3 is 10.8 Å². The van der Waals surface area contributed by atoms with Crippen LogP contribution >= 0.6 is 34.7 Å². The zero-order valence-corrected chi connectivity index (χ0v) is 25.8. The molecule has 0 radical (unpaired) electrons. The number of H-pyrrole nitrogens is 1. The van der Waals surface area contributed by atoms with Crippen molar-refractivity contribution in [3.05, 3.63) is 67.6 Å². The highest BCUT2D eigenvalue weighted by Gasteiger charge is 2.69. The van der Waals surface area contributed by atoms with Crippen LogP contribution in [-0.4, -0.2) is 47.8 Å². The number of rotatable bonds is 8. The van der Waals surface area contributed by atoms with Gasteiger partial charge in [0.1, 0.15) is 0 Å². The van der Waals surface area contributed by atoms with Gasteiger partial charge in [-0.3, -0.25) is 19.3 Å². The number of carbonyl (C=O) groups is 3. The minimum atomic E-state index is -0.470. The van der Waals surface area contributed by atoms with Crippen molar-refractivity contribution in [3.8, 4) is 11.5 Å². The molecule has 2 saturated carbocycles. The lowest BCUT2D eigenvalue weighted by Crippen LogP contribution is -2.42. The van der Waals surface area contributed by atoms with Crippen LogP contribution in [-0.2, 0) is 19.1 Å². The van der Waals surface area contributed by atoms with Crippen LogP contribution in [0.15, 0.2) is 52.3 Å². The lowest BCUT2D eigenvalue weighted by Gasteiger charge is -2.43. The number of esters is 1. The number of aromatic amines is 1. The van der Waals surface area contributed by atoms with Gasteiger partial charge in [0.25, 0.3) is 0 Å². The summed E-state index contributed by atoms with van der Waals surface area (Å²) in [5.41, 5.74) is 1.48. The first kappa shape index (κ1) is 28.5. The van der Waals surface area contributed by atoms with Crippen molar-refractivity contribution in [1.82, 2.24) is 4.98 Å². The van der Waals surface area contributed by atoms with Crippen LogP contribution in [0, 0.1) is 29.6 Å². The van der Waals surface area contributed by atoms with Gasteiger partial charge in [0, 0.05) is 21.1 Å². The molecule has 7 rings (SSSR count). The molecule has 9 nitrogen and oxygen atoms in total. The molecule has 7 atom stereocenters. The van der Waals surface area contributed by atoms with Gasteiger partial charge in [0.15, 0.2) is 18.1 Å². The normalized spacial score (nSPS) is 28.4. The molecule has 43 heavy (non-hydrogen) atoms. The van der Waals surface area contributed by atoms with Crippen LogP contribution in [0.4, 0.5) is 5.69 Å². The Morgan fingerprint density at radius 3 is 2.44 bits per heavy atom. The van der Waals surface area contributed by atoms with Crippen LogP contribution in [0.1, 0.15) is 36.6 Å². The van der Waals surface area contributed by atoms with Crippen molar-refractivity contribution < 1.29 is 28.6 Å². The number of aromatic nitrogens is 1. The maximum atomic E-state index is 13.9. The van der Waals surface area contributed by atoms with E-state index in [1.165, 1.54) is 16.2 Å². The SMILES string of the molecule is CCOC(=O)COc1ccc([C@@H]2c3sc(=O)[nH]c3S[C@@H]3[C@@H]4C[C@@H]([C@@H]5C(=O)N(c6ccc(Cl)cc6)C(=O)[C@@H]45)[C@H]23)cc1OCC. The zero-order chi connectivity index (χ0) is 30.0. The number of thiazole rings is 1. The summed E-state index contributed by atoms with van der Waals surface area (Å²) in [7, 11) is 0. The highest BCUT2D eigenvalue weighted by Crippen LogP contribution is 2.68. The number of nitrogens with one attached hydrogen (secondary N) is 1. The van der Waals surface area contributed by atoms with E-state index >= 15 is 0 Å².